The summed E-state index contributed by atoms with van der Waals surface area (Å²) in [5, 5.41) is 2.74. The van der Waals surface area contributed by atoms with Crippen molar-refractivity contribution in [2.75, 3.05) is 12.4 Å². The highest BCUT2D eigenvalue weighted by Gasteiger charge is 2.10. The average molecular weight is 271 g/mol. The highest BCUT2D eigenvalue weighted by atomic mass is 79.9. The Kier molecular flexibility index (Phi) is 2.73. The standard InChI is InChI=1S/C10H8BrFN2O/c1-13-10-14-5-9(15-10)7-4-6(11)2-3-8(7)12/h2-5H,1H3,(H,13,14). The van der Waals surface area contributed by atoms with Gasteiger partial charge in [-0.1, -0.05) is 15.9 Å². The molecule has 0 amide bonds. The summed E-state index contributed by atoms with van der Waals surface area (Å²) in [4.78, 5) is 3.92. The van der Waals surface area contributed by atoms with Crippen molar-refractivity contribution in [1.29, 1.82) is 0 Å². The van der Waals surface area contributed by atoms with E-state index in [9.17, 15) is 4.39 Å². The predicted octanol–water partition coefficient (Wildman–Crippen LogP) is 3.28. The molecular formula is C10H8BrFN2O. The van der Waals surface area contributed by atoms with Gasteiger partial charge in [0.2, 0.25) is 0 Å². The quantitative estimate of drug-likeness (QED) is 0.910. The van der Waals surface area contributed by atoms with E-state index in [1.165, 1.54) is 12.3 Å². The van der Waals surface area contributed by atoms with Crippen molar-refractivity contribution >= 4 is 21.9 Å². The van der Waals surface area contributed by atoms with Crippen LogP contribution in [0.2, 0.25) is 0 Å². The molecule has 0 radical (unpaired) electrons. The summed E-state index contributed by atoms with van der Waals surface area (Å²) in [5.41, 5.74) is 0.387. The number of aromatic nitrogens is 1. The molecule has 2 aromatic rings. The minimum Gasteiger partial charge on any atom is -0.423 e. The Morgan fingerprint density at radius 1 is 1.47 bits per heavy atom. The summed E-state index contributed by atoms with van der Waals surface area (Å²) in [6, 6.07) is 5.02. The van der Waals surface area contributed by atoms with Gasteiger partial charge in [0.05, 0.1) is 11.8 Å². The number of oxazole rings is 1. The minimum atomic E-state index is -0.336. The molecule has 0 saturated heterocycles. The lowest BCUT2D eigenvalue weighted by Gasteiger charge is -1.99. The maximum Gasteiger partial charge on any atom is 0.294 e. The van der Waals surface area contributed by atoms with Gasteiger partial charge < -0.3 is 9.73 Å². The number of benzene rings is 1. The molecule has 2 rings (SSSR count). The molecule has 0 bridgehead atoms. The lowest BCUT2D eigenvalue weighted by molar-refractivity contribution is 0.576. The van der Waals surface area contributed by atoms with Gasteiger partial charge in [-0.15, -0.1) is 0 Å². The first kappa shape index (κ1) is 10.2. The van der Waals surface area contributed by atoms with Gasteiger partial charge in [-0.3, -0.25) is 0 Å². The fourth-order valence-electron chi connectivity index (χ4n) is 1.20. The molecule has 0 aliphatic rings. The summed E-state index contributed by atoms with van der Waals surface area (Å²) >= 11 is 3.27. The summed E-state index contributed by atoms with van der Waals surface area (Å²) in [7, 11) is 1.69. The fraction of sp³-hybridized carbons (Fsp3) is 0.100. The fourth-order valence-corrected chi connectivity index (χ4v) is 1.56. The number of rotatable bonds is 2. The van der Waals surface area contributed by atoms with Gasteiger partial charge in [0, 0.05) is 11.5 Å². The van der Waals surface area contributed by atoms with Gasteiger partial charge in [-0.2, -0.15) is 0 Å². The van der Waals surface area contributed by atoms with E-state index in [1.807, 2.05) is 0 Å². The van der Waals surface area contributed by atoms with E-state index in [0.29, 0.717) is 17.3 Å². The van der Waals surface area contributed by atoms with Crippen LogP contribution in [0.3, 0.4) is 0 Å². The van der Waals surface area contributed by atoms with E-state index in [4.69, 9.17) is 4.42 Å². The Balaban J connectivity index is 2.48. The zero-order chi connectivity index (χ0) is 10.8. The first-order valence-corrected chi connectivity index (χ1v) is 5.09. The molecule has 78 valence electrons. The van der Waals surface area contributed by atoms with Crippen LogP contribution < -0.4 is 5.32 Å². The van der Waals surface area contributed by atoms with Gasteiger partial charge in [-0.05, 0) is 18.2 Å². The second kappa shape index (κ2) is 4.02. The molecule has 15 heavy (non-hydrogen) atoms. The Bertz CT molecular complexity index is 484. The zero-order valence-corrected chi connectivity index (χ0v) is 9.51. The van der Waals surface area contributed by atoms with E-state index in [1.54, 1.807) is 19.2 Å². The van der Waals surface area contributed by atoms with Crippen LogP contribution in [-0.4, -0.2) is 12.0 Å². The third kappa shape index (κ3) is 2.02. The third-order valence-corrected chi connectivity index (χ3v) is 2.41. The molecule has 3 nitrogen and oxygen atoms in total. The molecule has 5 heteroatoms. The van der Waals surface area contributed by atoms with E-state index in [2.05, 4.69) is 26.2 Å². The molecule has 0 atom stereocenters. The van der Waals surface area contributed by atoms with E-state index in [0.717, 1.165) is 4.47 Å². The predicted molar refractivity (Wildman–Crippen MR) is 59.1 cm³/mol. The van der Waals surface area contributed by atoms with Crippen molar-refractivity contribution in [1.82, 2.24) is 4.98 Å². The van der Waals surface area contributed by atoms with Crippen LogP contribution in [0.15, 0.2) is 33.3 Å². The topological polar surface area (TPSA) is 38.1 Å². The Hall–Kier alpha value is -1.36. The maximum atomic E-state index is 13.4. The minimum absolute atomic E-state index is 0.336. The maximum absolute atomic E-state index is 13.4. The lowest BCUT2D eigenvalue weighted by Crippen LogP contribution is -1.85. The second-order valence-electron chi connectivity index (χ2n) is 2.90. The van der Waals surface area contributed by atoms with E-state index >= 15 is 0 Å². The Morgan fingerprint density at radius 3 is 2.93 bits per heavy atom. The third-order valence-electron chi connectivity index (χ3n) is 1.91. The first-order valence-electron chi connectivity index (χ1n) is 4.29. The van der Waals surface area contributed by atoms with Crippen LogP contribution in [-0.2, 0) is 0 Å². The van der Waals surface area contributed by atoms with Crippen LogP contribution in [0.25, 0.3) is 11.3 Å². The van der Waals surface area contributed by atoms with Crippen molar-refractivity contribution in [3.8, 4) is 11.3 Å². The van der Waals surface area contributed by atoms with Crippen LogP contribution >= 0.6 is 15.9 Å². The first-order chi connectivity index (χ1) is 7.20. The Morgan fingerprint density at radius 2 is 2.27 bits per heavy atom. The van der Waals surface area contributed by atoms with Gasteiger partial charge in [0.15, 0.2) is 5.76 Å². The molecule has 0 saturated carbocycles. The molecule has 1 heterocycles. The molecule has 1 aromatic heterocycles. The molecule has 1 N–H and O–H groups in total. The molecule has 1 aromatic carbocycles. The number of hydrogen-bond acceptors (Lipinski definition) is 3. The molecule has 0 spiro atoms. The van der Waals surface area contributed by atoms with E-state index in [-0.39, 0.29) is 5.82 Å². The number of nitrogens with one attached hydrogen (secondary N) is 1. The van der Waals surface area contributed by atoms with Crippen LogP contribution in [0, 0.1) is 5.82 Å². The van der Waals surface area contributed by atoms with Gasteiger partial charge in [0.25, 0.3) is 6.01 Å². The number of anilines is 1. The van der Waals surface area contributed by atoms with Gasteiger partial charge >= 0.3 is 0 Å². The zero-order valence-electron chi connectivity index (χ0n) is 7.92. The molecule has 0 fully saturated rings. The molecule has 0 unspecified atom stereocenters. The number of halogens is 2. The smallest absolute Gasteiger partial charge is 0.294 e. The largest absolute Gasteiger partial charge is 0.423 e. The molecule has 0 aliphatic heterocycles. The van der Waals surface area contributed by atoms with Crippen molar-refractivity contribution in [2.24, 2.45) is 0 Å². The SMILES string of the molecule is CNc1ncc(-c2cc(Br)ccc2F)o1. The molecule has 0 aliphatic carbocycles. The normalized spacial score (nSPS) is 10.3. The molecular weight excluding hydrogens is 263 g/mol. The van der Waals surface area contributed by atoms with Crippen molar-refractivity contribution in [3.05, 3.63) is 34.7 Å². The number of nitrogens with zero attached hydrogens (tertiary/aromatic N) is 1. The average Bonchev–Trinajstić information content (AvgIpc) is 2.70. The number of hydrogen-bond donors (Lipinski definition) is 1. The van der Waals surface area contributed by atoms with Crippen LogP contribution in [0.4, 0.5) is 10.4 Å². The summed E-state index contributed by atoms with van der Waals surface area (Å²) in [5.74, 6) is 0.0650. The second-order valence-corrected chi connectivity index (χ2v) is 3.82. The van der Waals surface area contributed by atoms with Crippen molar-refractivity contribution < 1.29 is 8.81 Å². The lowest BCUT2D eigenvalue weighted by atomic mass is 10.2. The Labute approximate surface area is 94.5 Å². The van der Waals surface area contributed by atoms with Gasteiger partial charge in [-0.25, -0.2) is 9.37 Å². The summed E-state index contributed by atoms with van der Waals surface area (Å²) < 4.78 is 19.5. The monoisotopic (exact) mass is 270 g/mol. The van der Waals surface area contributed by atoms with E-state index < -0.39 is 0 Å². The highest BCUT2D eigenvalue weighted by Crippen LogP contribution is 2.27. The van der Waals surface area contributed by atoms with Crippen molar-refractivity contribution in [3.63, 3.8) is 0 Å². The van der Waals surface area contributed by atoms with Crippen LogP contribution in [0.1, 0.15) is 0 Å². The van der Waals surface area contributed by atoms with Crippen LogP contribution in [0.5, 0.6) is 0 Å². The summed E-state index contributed by atoms with van der Waals surface area (Å²) in [6.07, 6.45) is 1.48. The summed E-state index contributed by atoms with van der Waals surface area (Å²) in [6.45, 7) is 0. The van der Waals surface area contributed by atoms with Crippen molar-refractivity contribution in [2.45, 2.75) is 0 Å². The van der Waals surface area contributed by atoms with Gasteiger partial charge in [0.1, 0.15) is 5.82 Å². The highest BCUT2D eigenvalue weighted by molar-refractivity contribution is 9.10.